The number of esters is 1. The predicted octanol–water partition coefficient (Wildman–Crippen LogP) is 2.29. The van der Waals surface area contributed by atoms with Crippen LogP contribution in [0.2, 0.25) is 0 Å². The van der Waals surface area contributed by atoms with Crippen LogP contribution < -0.4 is 5.32 Å². The van der Waals surface area contributed by atoms with Crippen LogP contribution in [0.15, 0.2) is 30.3 Å². The Labute approximate surface area is 96.8 Å². The molecule has 0 saturated carbocycles. The van der Waals surface area contributed by atoms with Gasteiger partial charge in [-0.2, -0.15) is 0 Å². The van der Waals surface area contributed by atoms with E-state index in [0.717, 1.165) is 12.1 Å². The normalized spacial score (nSPS) is 12.1. The highest BCUT2D eigenvalue weighted by molar-refractivity contribution is 5.69. The Kier molecular flexibility index (Phi) is 5.57. The number of benzene rings is 1. The van der Waals surface area contributed by atoms with Gasteiger partial charge in [0.15, 0.2) is 0 Å². The number of nitrogens with one attached hydrogen (secondary N) is 1. The van der Waals surface area contributed by atoms with Crippen LogP contribution in [0.3, 0.4) is 0 Å². The van der Waals surface area contributed by atoms with Crippen LogP contribution in [0.5, 0.6) is 0 Å². The van der Waals surface area contributed by atoms with Gasteiger partial charge in [-0.15, -0.1) is 0 Å². The van der Waals surface area contributed by atoms with Crippen LogP contribution in [0.1, 0.15) is 31.9 Å². The Hall–Kier alpha value is -1.35. The Morgan fingerprint density at radius 1 is 1.38 bits per heavy atom. The topological polar surface area (TPSA) is 38.3 Å². The number of hydrogen-bond donors (Lipinski definition) is 1. The van der Waals surface area contributed by atoms with Crippen LogP contribution in [-0.2, 0) is 9.53 Å². The van der Waals surface area contributed by atoms with Crippen LogP contribution in [0.4, 0.5) is 0 Å². The lowest BCUT2D eigenvalue weighted by atomic mass is 10.1. The van der Waals surface area contributed by atoms with Crippen molar-refractivity contribution in [2.24, 2.45) is 0 Å². The summed E-state index contributed by atoms with van der Waals surface area (Å²) in [4.78, 5) is 11.4. The molecule has 1 aromatic rings. The van der Waals surface area contributed by atoms with Gasteiger partial charge in [-0.25, -0.2) is 0 Å². The summed E-state index contributed by atoms with van der Waals surface area (Å²) in [5.74, 6) is -0.155. The van der Waals surface area contributed by atoms with E-state index >= 15 is 0 Å². The third kappa shape index (κ3) is 4.45. The second-order valence-electron chi connectivity index (χ2n) is 3.65. The van der Waals surface area contributed by atoms with Crippen molar-refractivity contribution in [1.82, 2.24) is 5.32 Å². The maximum atomic E-state index is 11.4. The molecule has 3 nitrogen and oxygen atoms in total. The van der Waals surface area contributed by atoms with Gasteiger partial charge in [-0.1, -0.05) is 37.3 Å². The first-order chi connectivity index (χ1) is 7.74. The zero-order valence-corrected chi connectivity index (χ0v) is 9.90. The third-order valence-electron chi connectivity index (χ3n) is 2.33. The lowest BCUT2D eigenvalue weighted by Crippen LogP contribution is -2.19. The molecule has 0 aliphatic carbocycles. The van der Waals surface area contributed by atoms with Gasteiger partial charge >= 0.3 is 5.97 Å². The SMILES string of the molecule is CCNCCC(=O)OC(C)c1ccccc1. The van der Waals surface area contributed by atoms with Gasteiger partial charge in [-0.3, -0.25) is 4.79 Å². The van der Waals surface area contributed by atoms with Crippen LogP contribution in [0, 0.1) is 0 Å². The molecule has 0 heterocycles. The summed E-state index contributed by atoms with van der Waals surface area (Å²) >= 11 is 0. The van der Waals surface area contributed by atoms with Crippen molar-refractivity contribution in [3.8, 4) is 0 Å². The van der Waals surface area contributed by atoms with Crippen molar-refractivity contribution in [3.05, 3.63) is 35.9 Å². The second kappa shape index (κ2) is 7.01. The molecule has 0 radical (unpaired) electrons. The van der Waals surface area contributed by atoms with Gasteiger partial charge in [0.25, 0.3) is 0 Å². The molecule has 0 fully saturated rings. The maximum Gasteiger partial charge on any atom is 0.307 e. The minimum absolute atomic E-state index is 0.155. The average Bonchev–Trinajstić information content (AvgIpc) is 2.30. The van der Waals surface area contributed by atoms with Crippen LogP contribution in [-0.4, -0.2) is 19.1 Å². The summed E-state index contributed by atoms with van der Waals surface area (Å²) in [6, 6.07) is 9.75. The summed E-state index contributed by atoms with van der Waals surface area (Å²) in [6.07, 6.45) is 0.251. The third-order valence-corrected chi connectivity index (χ3v) is 2.33. The smallest absolute Gasteiger partial charge is 0.307 e. The van der Waals surface area contributed by atoms with Crippen molar-refractivity contribution < 1.29 is 9.53 Å². The Morgan fingerprint density at radius 2 is 2.06 bits per heavy atom. The highest BCUT2D eigenvalue weighted by atomic mass is 16.5. The van der Waals surface area contributed by atoms with Crippen molar-refractivity contribution >= 4 is 5.97 Å². The first-order valence-electron chi connectivity index (χ1n) is 5.69. The molecule has 1 aromatic carbocycles. The fourth-order valence-corrected chi connectivity index (χ4v) is 1.42. The van der Waals surface area contributed by atoms with Gasteiger partial charge in [0.2, 0.25) is 0 Å². The summed E-state index contributed by atoms with van der Waals surface area (Å²) in [5.41, 5.74) is 1.03. The molecule has 0 saturated heterocycles. The van der Waals surface area contributed by atoms with Crippen molar-refractivity contribution in [2.75, 3.05) is 13.1 Å². The Morgan fingerprint density at radius 3 is 2.69 bits per heavy atom. The molecule has 1 N–H and O–H groups in total. The second-order valence-corrected chi connectivity index (χ2v) is 3.65. The minimum Gasteiger partial charge on any atom is -0.458 e. The summed E-state index contributed by atoms with van der Waals surface area (Å²) < 4.78 is 5.30. The monoisotopic (exact) mass is 221 g/mol. The van der Waals surface area contributed by atoms with E-state index in [1.807, 2.05) is 44.2 Å². The van der Waals surface area contributed by atoms with Crippen LogP contribution in [0.25, 0.3) is 0 Å². The van der Waals surface area contributed by atoms with Crippen molar-refractivity contribution in [3.63, 3.8) is 0 Å². The molecule has 88 valence electrons. The van der Waals surface area contributed by atoms with Gasteiger partial charge in [0.1, 0.15) is 6.10 Å². The molecule has 3 heteroatoms. The van der Waals surface area contributed by atoms with Gasteiger partial charge < -0.3 is 10.1 Å². The molecule has 0 amide bonds. The fourth-order valence-electron chi connectivity index (χ4n) is 1.42. The first kappa shape index (κ1) is 12.7. The Bertz CT molecular complexity index is 311. The largest absolute Gasteiger partial charge is 0.458 e. The lowest BCUT2D eigenvalue weighted by Gasteiger charge is -2.13. The van der Waals surface area contributed by atoms with E-state index in [2.05, 4.69) is 5.32 Å². The highest BCUT2D eigenvalue weighted by Crippen LogP contribution is 2.16. The minimum atomic E-state index is -0.171. The fraction of sp³-hybridized carbons (Fsp3) is 0.462. The molecule has 0 aliphatic heterocycles. The maximum absolute atomic E-state index is 11.4. The Balaban J connectivity index is 2.34. The van der Waals surface area contributed by atoms with Crippen molar-refractivity contribution in [2.45, 2.75) is 26.4 Å². The molecular formula is C13H19NO2. The molecule has 0 aromatic heterocycles. The molecular weight excluding hydrogens is 202 g/mol. The molecule has 16 heavy (non-hydrogen) atoms. The van der Waals surface area contributed by atoms with Crippen molar-refractivity contribution in [1.29, 1.82) is 0 Å². The first-order valence-corrected chi connectivity index (χ1v) is 5.69. The molecule has 0 aliphatic rings. The van der Waals surface area contributed by atoms with E-state index in [0.29, 0.717) is 13.0 Å². The molecule has 1 rings (SSSR count). The quantitative estimate of drug-likeness (QED) is 0.591. The van der Waals surface area contributed by atoms with Gasteiger partial charge in [0, 0.05) is 6.54 Å². The zero-order chi connectivity index (χ0) is 11.8. The molecule has 0 spiro atoms. The lowest BCUT2D eigenvalue weighted by molar-refractivity contribution is -0.148. The highest BCUT2D eigenvalue weighted by Gasteiger charge is 2.10. The van der Waals surface area contributed by atoms with E-state index in [9.17, 15) is 4.79 Å². The van der Waals surface area contributed by atoms with E-state index in [-0.39, 0.29) is 12.1 Å². The van der Waals surface area contributed by atoms with E-state index < -0.39 is 0 Å². The van der Waals surface area contributed by atoms with E-state index in [1.54, 1.807) is 0 Å². The zero-order valence-electron chi connectivity index (χ0n) is 9.90. The summed E-state index contributed by atoms with van der Waals surface area (Å²) in [6.45, 7) is 5.46. The summed E-state index contributed by atoms with van der Waals surface area (Å²) in [5, 5.41) is 3.09. The number of hydrogen-bond acceptors (Lipinski definition) is 3. The molecule has 0 bridgehead atoms. The number of rotatable bonds is 6. The predicted molar refractivity (Wildman–Crippen MR) is 64.1 cm³/mol. The van der Waals surface area contributed by atoms with Gasteiger partial charge in [-0.05, 0) is 19.0 Å². The van der Waals surface area contributed by atoms with Crippen LogP contribution >= 0.6 is 0 Å². The number of ether oxygens (including phenoxy) is 1. The van der Waals surface area contributed by atoms with E-state index in [1.165, 1.54) is 0 Å². The average molecular weight is 221 g/mol. The molecule has 1 unspecified atom stereocenters. The van der Waals surface area contributed by atoms with Gasteiger partial charge in [0.05, 0.1) is 6.42 Å². The van der Waals surface area contributed by atoms with E-state index in [4.69, 9.17) is 4.74 Å². The number of carbonyl (C=O) groups excluding carboxylic acids is 1. The summed E-state index contributed by atoms with van der Waals surface area (Å²) in [7, 11) is 0. The standard InChI is InChI=1S/C13H19NO2/c1-3-14-10-9-13(15)16-11(2)12-7-5-4-6-8-12/h4-8,11,14H,3,9-10H2,1-2H3. The molecule has 1 atom stereocenters. The number of carbonyl (C=O) groups is 1.